The Morgan fingerprint density at radius 1 is 1.42 bits per heavy atom. The maximum absolute atomic E-state index is 12.5. The minimum Gasteiger partial charge on any atom is -0.475 e. The van der Waals surface area contributed by atoms with Crippen molar-refractivity contribution in [3.8, 4) is 5.88 Å². The molecule has 1 aromatic rings. The van der Waals surface area contributed by atoms with Gasteiger partial charge in [0.15, 0.2) is 5.96 Å². The van der Waals surface area contributed by atoms with Gasteiger partial charge >= 0.3 is 6.18 Å². The second-order valence-electron chi connectivity index (χ2n) is 6.58. The zero-order chi connectivity index (χ0) is 19.2. The number of aliphatic imine (C=N–C) groups is 1. The van der Waals surface area contributed by atoms with Crippen LogP contribution in [0.4, 0.5) is 13.2 Å². The minimum absolute atomic E-state index is 0.0523. The number of rotatable bonds is 6. The normalized spacial score (nSPS) is 19.0. The molecule has 9 heteroatoms. The van der Waals surface area contributed by atoms with Gasteiger partial charge < -0.3 is 15.4 Å². The summed E-state index contributed by atoms with van der Waals surface area (Å²) in [7, 11) is 1.63. The Labute approximate surface area is 151 Å². The number of nitrogens with one attached hydrogen (secondary N) is 2. The van der Waals surface area contributed by atoms with Crippen LogP contribution in [0.2, 0.25) is 0 Å². The highest BCUT2D eigenvalue weighted by atomic mass is 19.4. The molecule has 0 spiro atoms. The van der Waals surface area contributed by atoms with Crippen LogP contribution in [0.15, 0.2) is 23.3 Å². The molecular weight excluding hydrogens is 347 g/mol. The van der Waals surface area contributed by atoms with Gasteiger partial charge in [-0.2, -0.15) is 13.2 Å². The van der Waals surface area contributed by atoms with Crippen molar-refractivity contribution in [3.05, 3.63) is 23.9 Å². The van der Waals surface area contributed by atoms with E-state index in [4.69, 9.17) is 4.74 Å². The number of guanidine groups is 1. The van der Waals surface area contributed by atoms with E-state index in [-0.39, 0.29) is 12.1 Å². The summed E-state index contributed by atoms with van der Waals surface area (Å²) in [5.41, 5.74) is 0.953. The number of ether oxygens (including phenoxy) is 1. The lowest BCUT2D eigenvalue weighted by atomic mass is 10.2. The average molecular weight is 373 g/mol. The van der Waals surface area contributed by atoms with E-state index in [0.717, 1.165) is 5.56 Å². The van der Waals surface area contributed by atoms with Gasteiger partial charge in [-0.25, -0.2) is 4.98 Å². The second-order valence-corrected chi connectivity index (χ2v) is 6.58. The van der Waals surface area contributed by atoms with Crippen LogP contribution in [0.3, 0.4) is 0 Å². The number of hydrogen-bond acceptors (Lipinski definition) is 4. The van der Waals surface area contributed by atoms with Crippen molar-refractivity contribution in [2.45, 2.75) is 45.1 Å². The predicted molar refractivity (Wildman–Crippen MR) is 94.2 cm³/mol. The zero-order valence-corrected chi connectivity index (χ0v) is 15.3. The third-order valence-corrected chi connectivity index (χ3v) is 3.85. The maximum atomic E-state index is 12.5. The molecule has 1 atom stereocenters. The summed E-state index contributed by atoms with van der Waals surface area (Å²) in [6, 6.07) is 3.66. The van der Waals surface area contributed by atoms with E-state index >= 15 is 0 Å². The first-order chi connectivity index (χ1) is 12.2. The topological polar surface area (TPSA) is 61.8 Å². The summed E-state index contributed by atoms with van der Waals surface area (Å²) in [6.45, 7) is 4.29. The lowest BCUT2D eigenvalue weighted by Gasteiger charge is -2.19. The number of halogens is 3. The molecule has 0 bridgehead atoms. The molecule has 1 aliphatic rings. The number of hydrogen-bond donors (Lipinski definition) is 2. The molecule has 1 fully saturated rings. The van der Waals surface area contributed by atoms with Gasteiger partial charge in [0.05, 0.1) is 12.6 Å². The first-order valence-corrected chi connectivity index (χ1v) is 8.63. The number of likely N-dealkylation sites (tertiary alicyclic amines) is 1. The van der Waals surface area contributed by atoms with Crippen molar-refractivity contribution < 1.29 is 17.9 Å². The Kier molecular flexibility index (Phi) is 7.07. The fourth-order valence-corrected chi connectivity index (χ4v) is 2.75. The van der Waals surface area contributed by atoms with Gasteiger partial charge in [-0.3, -0.25) is 9.89 Å². The van der Waals surface area contributed by atoms with E-state index in [2.05, 4.69) is 20.6 Å². The van der Waals surface area contributed by atoms with Gasteiger partial charge in [0, 0.05) is 45.0 Å². The van der Waals surface area contributed by atoms with Crippen LogP contribution in [0.25, 0.3) is 0 Å². The third-order valence-electron chi connectivity index (χ3n) is 3.85. The Morgan fingerprint density at radius 2 is 2.19 bits per heavy atom. The maximum Gasteiger partial charge on any atom is 0.401 e. The van der Waals surface area contributed by atoms with Crippen molar-refractivity contribution in [2.75, 3.05) is 26.7 Å². The van der Waals surface area contributed by atoms with Crippen molar-refractivity contribution in [2.24, 2.45) is 4.99 Å². The van der Waals surface area contributed by atoms with Crippen LogP contribution in [0.1, 0.15) is 25.8 Å². The van der Waals surface area contributed by atoms with E-state index in [1.807, 2.05) is 19.9 Å². The molecule has 0 aromatic carbocycles. The summed E-state index contributed by atoms with van der Waals surface area (Å²) in [4.78, 5) is 9.77. The van der Waals surface area contributed by atoms with Gasteiger partial charge in [0.2, 0.25) is 5.88 Å². The minimum atomic E-state index is -4.16. The van der Waals surface area contributed by atoms with Crippen molar-refractivity contribution in [1.82, 2.24) is 20.5 Å². The number of alkyl halides is 3. The molecule has 1 aromatic heterocycles. The van der Waals surface area contributed by atoms with E-state index < -0.39 is 12.7 Å². The number of pyridine rings is 1. The second kappa shape index (κ2) is 9.07. The van der Waals surface area contributed by atoms with Gasteiger partial charge in [-0.05, 0) is 25.8 Å². The van der Waals surface area contributed by atoms with Crippen LogP contribution in [-0.2, 0) is 6.54 Å². The number of aromatic nitrogens is 1. The van der Waals surface area contributed by atoms with Crippen molar-refractivity contribution >= 4 is 5.96 Å². The monoisotopic (exact) mass is 373 g/mol. The van der Waals surface area contributed by atoms with E-state index in [9.17, 15) is 13.2 Å². The molecule has 0 amide bonds. The fourth-order valence-electron chi connectivity index (χ4n) is 2.75. The first kappa shape index (κ1) is 20.3. The lowest BCUT2D eigenvalue weighted by molar-refractivity contribution is -0.143. The summed E-state index contributed by atoms with van der Waals surface area (Å²) in [5, 5.41) is 6.33. The molecule has 6 nitrogen and oxygen atoms in total. The molecule has 2 N–H and O–H groups in total. The molecular formula is C17H26F3N5O. The Balaban J connectivity index is 1.78. The first-order valence-electron chi connectivity index (χ1n) is 8.63. The Bertz CT molecular complexity index is 589. The van der Waals surface area contributed by atoms with Crippen LogP contribution < -0.4 is 15.4 Å². The Morgan fingerprint density at radius 3 is 2.77 bits per heavy atom. The zero-order valence-electron chi connectivity index (χ0n) is 15.3. The van der Waals surface area contributed by atoms with Gasteiger partial charge in [0.1, 0.15) is 0 Å². The standard InChI is InChI=1S/C17H26F3N5O/c1-12(2)26-15-5-4-13(8-22-15)9-23-16(21-3)24-14-6-7-25(10-14)11-17(18,19)20/h4-5,8,12,14H,6-7,9-11H2,1-3H3,(H2,21,23,24). The largest absolute Gasteiger partial charge is 0.475 e. The molecule has 0 radical (unpaired) electrons. The van der Waals surface area contributed by atoms with Crippen molar-refractivity contribution in [1.29, 1.82) is 0 Å². The van der Waals surface area contributed by atoms with E-state index in [1.165, 1.54) is 4.90 Å². The molecule has 2 rings (SSSR count). The van der Waals surface area contributed by atoms with Crippen LogP contribution in [-0.4, -0.2) is 60.8 Å². The SMILES string of the molecule is CN=C(NCc1ccc(OC(C)C)nc1)NC1CCN(CC(F)(F)F)C1. The highest BCUT2D eigenvalue weighted by molar-refractivity contribution is 5.80. The predicted octanol–water partition coefficient (Wildman–Crippen LogP) is 2.17. The van der Waals surface area contributed by atoms with Gasteiger partial charge in [-0.15, -0.1) is 0 Å². The summed E-state index contributed by atoms with van der Waals surface area (Å²) in [6.07, 6.45) is -1.72. The highest BCUT2D eigenvalue weighted by Crippen LogP contribution is 2.19. The average Bonchev–Trinajstić information content (AvgIpc) is 2.97. The number of nitrogens with zero attached hydrogens (tertiary/aromatic N) is 3. The van der Waals surface area contributed by atoms with Crippen LogP contribution in [0.5, 0.6) is 5.88 Å². The summed E-state index contributed by atoms with van der Waals surface area (Å²) in [5.74, 6) is 1.13. The lowest BCUT2D eigenvalue weighted by Crippen LogP contribution is -2.44. The fraction of sp³-hybridized carbons (Fsp3) is 0.647. The smallest absolute Gasteiger partial charge is 0.401 e. The molecule has 146 valence electrons. The molecule has 2 heterocycles. The van der Waals surface area contributed by atoms with Gasteiger partial charge in [-0.1, -0.05) is 6.07 Å². The van der Waals surface area contributed by atoms with Gasteiger partial charge in [0.25, 0.3) is 0 Å². The van der Waals surface area contributed by atoms with E-state index in [0.29, 0.717) is 37.9 Å². The third kappa shape index (κ3) is 7.07. The quantitative estimate of drug-likeness (QED) is 0.591. The highest BCUT2D eigenvalue weighted by Gasteiger charge is 2.34. The molecule has 0 aliphatic carbocycles. The van der Waals surface area contributed by atoms with Crippen LogP contribution in [0, 0.1) is 0 Å². The molecule has 26 heavy (non-hydrogen) atoms. The Hall–Kier alpha value is -2.03. The molecule has 1 aliphatic heterocycles. The molecule has 1 saturated heterocycles. The van der Waals surface area contributed by atoms with Crippen molar-refractivity contribution in [3.63, 3.8) is 0 Å². The van der Waals surface area contributed by atoms with E-state index in [1.54, 1.807) is 19.3 Å². The summed E-state index contributed by atoms with van der Waals surface area (Å²) < 4.78 is 42.9. The summed E-state index contributed by atoms with van der Waals surface area (Å²) >= 11 is 0. The molecule has 0 saturated carbocycles. The molecule has 1 unspecified atom stereocenters. The van der Waals surface area contributed by atoms with Crippen LogP contribution >= 0.6 is 0 Å².